The van der Waals surface area contributed by atoms with Crippen LogP contribution in [-0.4, -0.2) is 15.5 Å². The van der Waals surface area contributed by atoms with E-state index in [1.807, 2.05) is 12.1 Å². The number of benzene rings is 1. The van der Waals surface area contributed by atoms with E-state index in [1.165, 1.54) is 0 Å². The minimum absolute atomic E-state index is 0.103. The smallest absolute Gasteiger partial charge is 0.121 e. The van der Waals surface area contributed by atoms with Gasteiger partial charge in [-0.1, -0.05) is 22.0 Å². The summed E-state index contributed by atoms with van der Waals surface area (Å²) in [5.41, 5.74) is 1.76. The second kappa shape index (κ2) is 5.25. The Kier molecular flexibility index (Phi) is 4.25. The van der Waals surface area contributed by atoms with Crippen LogP contribution in [0.5, 0.6) is 5.75 Å². The molecule has 2 nitrogen and oxygen atoms in total. The Labute approximate surface area is 86.3 Å². The van der Waals surface area contributed by atoms with E-state index < -0.39 is 0 Å². The van der Waals surface area contributed by atoms with E-state index in [0.717, 1.165) is 23.7 Å². The predicted octanol–water partition coefficient (Wildman–Crippen LogP) is 2.21. The van der Waals surface area contributed by atoms with Gasteiger partial charge < -0.3 is 10.2 Å². The van der Waals surface area contributed by atoms with Gasteiger partial charge in [0.2, 0.25) is 0 Å². The average molecular weight is 245 g/mol. The molecule has 0 unspecified atom stereocenters. The number of aliphatic hydroxyl groups is 1. The minimum atomic E-state index is -0.103. The molecule has 0 fully saturated rings. The molecule has 0 saturated heterocycles. The Morgan fingerprint density at radius 2 is 2.08 bits per heavy atom. The molecular formula is C10H13BrO2. The molecule has 1 rings (SSSR count). The zero-order valence-corrected chi connectivity index (χ0v) is 8.92. The highest BCUT2D eigenvalue weighted by Gasteiger charge is 2.00. The van der Waals surface area contributed by atoms with Gasteiger partial charge in [0.1, 0.15) is 5.75 Å². The number of rotatable bonds is 4. The molecule has 1 aromatic carbocycles. The van der Waals surface area contributed by atoms with Crippen LogP contribution in [0.4, 0.5) is 0 Å². The molecule has 0 saturated carbocycles. The molecule has 0 aromatic heterocycles. The van der Waals surface area contributed by atoms with Crippen LogP contribution >= 0.6 is 15.9 Å². The van der Waals surface area contributed by atoms with Crippen LogP contribution in [-0.2, 0) is 13.0 Å². The van der Waals surface area contributed by atoms with Gasteiger partial charge in [0, 0.05) is 10.9 Å². The number of hydrogen-bond acceptors (Lipinski definition) is 2. The maximum atomic E-state index is 9.29. The number of alkyl halides is 1. The predicted molar refractivity (Wildman–Crippen MR) is 56.1 cm³/mol. The Morgan fingerprint density at radius 3 is 2.69 bits per heavy atom. The second-order valence-electron chi connectivity index (χ2n) is 2.91. The fourth-order valence-electron chi connectivity index (χ4n) is 1.19. The van der Waals surface area contributed by atoms with Crippen LogP contribution in [0.15, 0.2) is 18.2 Å². The number of hydrogen-bond donors (Lipinski definition) is 2. The molecule has 72 valence electrons. The summed E-state index contributed by atoms with van der Waals surface area (Å²) in [7, 11) is 0. The second-order valence-corrected chi connectivity index (χ2v) is 3.71. The summed E-state index contributed by atoms with van der Waals surface area (Å²) in [4.78, 5) is 0. The van der Waals surface area contributed by atoms with E-state index >= 15 is 0 Å². The van der Waals surface area contributed by atoms with Gasteiger partial charge in [0.25, 0.3) is 0 Å². The van der Waals surface area contributed by atoms with Gasteiger partial charge in [-0.25, -0.2) is 0 Å². The van der Waals surface area contributed by atoms with E-state index in [9.17, 15) is 5.11 Å². The summed E-state index contributed by atoms with van der Waals surface area (Å²) in [6, 6.07) is 5.37. The third-order valence-electron chi connectivity index (χ3n) is 1.91. The third-order valence-corrected chi connectivity index (χ3v) is 2.47. The van der Waals surface area contributed by atoms with Gasteiger partial charge in [-0.3, -0.25) is 0 Å². The molecular weight excluding hydrogens is 232 g/mol. The van der Waals surface area contributed by atoms with Crippen molar-refractivity contribution >= 4 is 15.9 Å². The van der Waals surface area contributed by atoms with Crippen LogP contribution in [0.3, 0.4) is 0 Å². The van der Waals surface area contributed by atoms with Gasteiger partial charge in [-0.15, -0.1) is 0 Å². The maximum Gasteiger partial charge on any atom is 0.121 e. The van der Waals surface area contributed by atoms with Crippen molar-refractivity contribution in [2.24, 2.45) is 0 Å². The highest BCUT2D eigenvalue weighted by Crippen LogP contribution is 2.19. The molecule has 2 N–H and O–H groups in total. The molecule has 0 heterocycles. The summed E-state index contributed by atoms with van der Waals surface area (Å²) >= 11 is 3.36. The van der Waals surface area contributed by atoms with Crippen LogP contribution < -0.4 is 0 Å². The highest BCUT2D eigenvalue weighted by atomic mass is 79.9. The highest BCUT2D eigenvalue weighted by molar-refractivity contribution is 9.09. The molecule has 0 aliphatic rings. The quantitative estimate of drug-likeness (QED) is 0.798. The lowest BCUT2D eigenvalue weighted by Gasteiger charge is -2.04. The first kappa shape index (κ1) is 10.5. The van der Waals surface area contributed by atoms with Crippen molar-refractivity contribution < 1.29 is 10.2 Å². The molecule has 0 radical (unpaired) electrons. The van der Waals surface area contributed by atoms with Crippen molar-refractivity contribution in [3.63, 3.8) is 0 Å². The Balaban J connectivity index is 2.74. The number of aromatic hydroxyl groups is 1. The Morgan fingerprint density at radius 1 is 1.31 bits per heavy atom. The average Bonchev–Trinajstić information content (AvgIpc) is 2.16. The summed E-state index contributed by atoms with van der Waals surface area (Å²) in [5.74, 6) is 0.171. The monoisotopic (exact) mass is 244 g/mol. The summed E-state index contributed by atoms with van der Waals surface area (Å²) in [6.07, 6.45) is 2.04. The molecule has 0 aliphatic heterocycles. The van der Waals surface area contributed by atoms with Crippen LogP contribution in [0, 0.1) is 0 Å². The zero-order chi connectivity index (χ0) is 9.68. The van der Waals surface area contributed by atoms with Crippen LogP contribution in [0.25, 0.3) is 0 Å². The first-order chi connectivity index (χ1) is 6.27. The molecule has 1 aromatic rings. The van der Waals surface area contributed by atoms with Crippen molar-refractivity contribution in [1.82, 2.24) is 0 Å². The van der Waals surface area contributed by atoms with Crippen molar-refractivity contribution in [1.29, 1.82) is 0 Å². The molecule has 0 bridgehead atoms. The first-order valence-corrected chi connectivity index (χ1v) is 5.37. The summed E-state index contributed by atoms with van der Waals surface area (Å²) in [5, 5.41) is 19.2. The minimum Gasteiger partial charge on any atom is -0.508 e. The SMILES string of the molecule is OCc1cc(CCCBr)ccc1O. The molecule has 3 heteroatoms. The van der Waals surface area contributed by atoms with E-state index in [2.05, 4.69) is 15.9 Å². The van der Waals surface area contributed by atoms with E-state index in [1.54, 1.807) is 6.07 Å². The lowest BCUT2D eigenvalue weighted by atomic mass is 10.1. The largest absolute Gasteiger partial charge is 0.508 e. The third kappa shape index (κ3) is 3.01. The standard InChI is InChI=1S/C10H13BrO2/c11-5-1-2-8-3-4-10(13)9(6-8)7-12/h3-4,6,12-13H,1-2,5,7H2. The number of phenols is 1. The summed E-state index contributed by atoms with van der Waals surface area (Å²) < 4.78 is 0. The number of halogens is 1. The topological polar surface area (TPSA) is 40.5 Å². The van der Waals surface area contributed by atoms with E-state index in [4.69, 9.17) is 5.11 Å². The molecule has 0 aliphatic carbocycles. The van der Waals surface area contributed by atoms with Crippen LogP contribution in [0.1, 0.15) is 17.5 Å². The molecule has 0 amide bonds. The first-order valence-electron chi connectivity index (χ1n) is 4.25. The lowest BCUT2D eigenvalue weighted by molar-refractivity contribution is 0.275. The van der Waals surface area contributed by atoms with Gasteiger partial charge >= 0.3 is 0 Å². The normalized spacial score (nSPS) is 10.3. The fraction of sp³-hybridized carbons (Fsp3) is 0.400. The van der Waals surface area contributed by atoms with Gasteiger partial charge in [-0.2, -0.15) is 0 Å². The molecule has 0 atom stereocenters. The van der Waals surface area contributed by atoms with E-state index in [-0.39, 0.29) is 12.4 Å². The van der Waals surface area contributed by atoms with Crippen molar-refractivity contribution in [3.05, 3.63) is 29.3 Å². The Hall–Kier alpha value is -0.540. The molecule has 13 heavy (non-hydrogen) atoms. The van der Waals surface area contributed by atoms with E-state index in [0.29, 0.717) is 5.56 Å². The van der Waals surface area contributed by atoms with Gasteiger partial charge in [0.15, 0.2) is 0 Å². The molecule has 0 spiro atoms. The van der Waals surface area contributed by atoms with Gasteiger partial charge in [-0.05, 0) is 30.5 Å². The van der Waals surface area contributed by atoms with Gasteiger partial charge in [0.05, 0.1) is 6.61 Å². The number of aliphatic hydroxyl groups excluding tert-OH is 1. The Bertz CT molecular complexity index is 274. The number of aryl methyl sites for hydroxylation is 1. The summed E-state index contributed by atoms with van der Waals surface area (Å²) in [6.45, 7) is -0.103. The maximum absolute atomic E-state index is 9.29. The fourth-order valence-corrected chi connectivity index (χ4v) is 1.47. The van der Waals surface area contributed by atoms with Crippen molar-refractivity contribution in [3.8, 4) is 5.75 Å². The van der Waals surface area contributed by atoms with Crippen molar-refractivity contribution in [2.45, 2.75) is 19.4 Å². The van der Waals surface area contributed by atoms with Crippen LogP contribution in [0.2, 0.25) is 0 Å². The van der Waals surface area contributed by atoms with Crippen molar-refractivity contribution in [2.75, 3.05) is 5.33 Å². The zero-order valence-electron chi connectivity index (χ0n) is 7.33. The lowest BCUT2D eigenvalue weighted by Crippen LogP contribution is -1.90.